The van der Waals surface area contributed by atoms with Crippen LogP contribution >= 0.6 is 0 Å². The van der Waals surface area contributed by atoms with Gasteiger partial charge in [0.05, 0.1) is 17.2 Å². The van der Waals surface area contributed by atoms with E-state index in [4.69, 9.17) is 10.5 Å². The van der Waals surface area contributed by atoms with Gasteiger partial charge in [0.1, 0.15) is 12.0 Å². The maximum Gasteiger partial charge on any atom is 0.271 e. The number of carbonyl (C=O) groups excluding carboxylic acids is 6. The minimum Gasteiger partial charge on any atom is -0.393 e. The molecule has 7 N–H and O–H groups in total. The first kappa shape index (κ1) is 52.5. The SMILES string of the molecule is CCN(c1cc(-c2ccc(CN3CCN(C(=O)/C(N)=C/NCCCNc4cccc5c4C(=O)N(C(C=O)CCC(=O)NC)C5=O)CC3)cc2)cc(C(=O)NCc2c(C)cc(C)[nH]c2=O)c1C)C1CCOCC1. The van der Waals surface area contributed by atoms with Crippen molar-refractivity contribution in [2.75, 3.05) is 76.3 Å². The molecule has 0 saturated carbocycles. The van der Waals surface area contributed by atoms with Crippen molar-refractivity contribution in [3.8, 4) is 11.1 Å². The van der Waals surface area contributed by atoms with Gasteiger partial charge >= 0.3 is 0 Å². The average Bonchev–Trinajstić information content (AvgIpc) is 3.64. The smallest absolute Gasteiger partial charge is 0.271 e. The molecule has 0 spiro atoms. The van der Waals surface area contributed by atoms with Gasteiger partial charge in [-0.3, -0.25) is 38.6 Å². The Kier molecular flexibility index (Phi) is 17.7. The zero-order valence-corrected chi connectivity index (χ0v) is 42.0. The van der Waals surface area contributed by atoms with E-state index in [0.717, 1.165) is 63.5 Å². The highest BCUT2D eigenvalue weighted by Crippen LogP contribution is 2.35. The van der Waals surface area contributed by atoms with Gasteiger partial charge in [0.25, 0.3) is 29.2 Å². The number of carbonyl (C=O) groups is 6. The number of nitrogens with zero attached hydrogens (tertiary/aromatic N) is 4. The van der Waals surface area contributed by atoms with Gasteiger partial charge in [-0.2, -0.15) is 0 Å². The van der Waals surface area contributed by atoms with E-state index in [1.54, 1.807) is 23.1 Å². The van der Waals surface area contributed by atoms with Crippen LogP contribution in [0.3, 0.4) is 0 Å². The van der Waals surface area contributed by atoms with Crippen molar-refractivity contribution in [3.63, 3.8) is 0 Å². The molecule has 4 heterocycles. The third-order valence-corrected chi connectivity index (χ3v) is 13.9. The fourth-order valence-electron chi connectivity index (χ4n) is 9.81. The Morgan fingerprint density at radius 3 is 2.35 bits per heavy atom. The molecule has 2 saturated heterocycles. The summed E-state index contributed by atoms with van der Waals surface area (Å²) in [5.74, 6) is -1.94. The molecule has 3 aliphatic heterocycles. The summed E-state index contributed by atoms with van der Waals surface area (Å²) in [5, 5.41) is 11.8. The monoisotopic (exact) mass is 985 g/mol. The molecule has 1 unspecified atom stereocenters. The molecule has 4 aromatic rings. The number of anilines is 2. The number of hydrogen-bond donors (Lipinski definition) is 6. The molecule has 1 aromatic heterocycles. The van der Waals surface area contributed by atoms with Crippen LogP contribution in [0.2, 0.25) is 0 Å². The molecule has 5 amide bonds. The number of aldehydes is 1. The van der Waals surface area contributed by atoms with E-state index in [-0.39, 0.29) is 65.5 Å². The fraction of sp³-hybridized carbons (Fsp3) is 0.426. The Hall–Kier alpha value is -7.31. The number of piperazine rings is 1. The van der Waals surface area contributed by atoms with E-state index >= 15 is 0 Å². The first-order valence-corrected chi connectivity index (χ1v) is 24.9. The van der Waals surface area contributed by atoms with E-state index in [2.05, 4.69) is 73.3 Å². The second-order valence-electron chi connectivity index (χ2n) is 18.6. The van der Waals surface area contributed by atoms with Crippen molar-refractivity contribution in [1.29, 1.82) is 0 Å². The normalized spacial score (nSPS) is 15.8. The van der Waals surface area contributed by atoms with Gasteiger partial charge < -0.3 is 51.3 Å². The summed E-state index contributed by atoms with van der Waals surface area (Å²) in [6, 6.07) is 18.6. The van der Waals surface area contributed by atoms with Crippen LogP contribution in [0.5, 0.6) is 0 Å². The number of benzene rings is 3. The third kappa shape index (κ3) is 12.2. The number of aromatic amines is 1. The number of nitrogens with two attached hydrogens (primary N) is 1. The van der Waals surface area contributed by atoms with Gasteiger partial charge in [0, 0.05) is 126 Å². The lowest BCUT2D eigenvalue weighted by atomic mass is 9.94. The van der Waals surface area contributed by atoms with Crippen molar-refractivity contribution in [1.82, 2.24) is 35.6 Å². The molecule has 72 heavy (non-hydrogen) atoms. The van der Waals surface area contributed by atoms with Crippen LogP contribution < -0.4 is 37.5 Å². The molecule has 3 aromatic carbocycles. The molecule has 18 nitrogen and oxygen atoms in total. The number of amides is 5. The highest BCUT2D eigenvalue weighted by molar-refractivity contribution is 6.24. The lowest BCUT2D eigenvalue weighted by Crippen LogP contribution is -2.49. The van der Waals surface area contributed by atoms with E-state index in [1.807, 2.05) is 32.9 Å². The molecule has 382 valence electrons. The number of aromatic nitrogens is 1. The van der Waals surface area contributed by atoms with Crippen molar-refractivity contribution in [2.24, 2.45) is 5.73 Å². The molecule has 7 rings (SSSR count). The van der Waals surface area contributed by atoms with Crippen LogP contribution in [0.15, 0.2) is 77.4 Å². The summed E-state index contributed by atoms with van der Waals surface area (Å²) in [5.41, 5.74) is 14.6. The lowest BCUT2D eigenvalue weighted by Gasteiger charge is -2.37. The van der Waals surface area contributed by atoms with Crippen LogP contribution in [-0.2, 0) is 32.2 Å². The molecular formula is C54H68N10O8. The van der Waals surface area contributed by atoms with Crippen LogP contribution in [0.1, 0.15) is 98.0 Å². The molecule has 3 aliphatic rings. The van der Waals surface area contributed by atoms with Gasteiger partial charge in [-0.25, -0.2) is 0 Å². The molecule has 2 fully saturated rings. The summed E-state index contributed by atoms with van der Waals surface area (Å²) >= 11 is 0. The van der Waals surface area contributed by atoms with Crippen molar-refractivity contribution < 1.29 is 33.5 Å². The van der Waals surface area contributed by atoms with Gasteiger partial charge in [-0.1, -0.05) is 30.3 Å². The number of H-pyrrole nitrogens is 1. The molecular weight excluding hydrogens is 917 g/mol. The lowest BCUT2D eigenvalue weighted by molar-refractivity contribution is -0.129. The summed E-state index contributed by atoms with van der Waals surface area (Å²) in [6.07, 6.45) is 4.45. The summed E-state index contributed by atoms with van der Waals surface area (Å²) in [7, 11) is 1.48. The quantitative estimate of drug-likeness (QED) is 0.0299. The summed E-state index contributed by atoms with van der Waals surface area (Å²) in [4.78, 5) is 100. The Bertz CT molecular complexity index is 2740. The van der Waals surface area contributed by atoms with E-state index in [0.29, 0.717) is 88.5 Å². The summed E-state index contributed by atoms with van der Waals surface area (Å²) < 4.78 is 5.69. The van der Waals surface area contributed by atoms with Gasteiger partial charge in [0.2, 0.25) is 5.91 Å². The van der Waals surface area contributed by atoms with Gasteiger partial charge in [0.15, 0.2) is 0 Å². The zero-order valence-electron chi connectivity index (χ0n) is 42.0. The number of fused-ring (bicyclic) bond motifs is 1. The number of rotatable bonds is 21. The van der Waals surface area contributed by atoms with Crippen molar-refractivity contribution in [3.05, 3.63) is 128 Å². The van der Waals surface area contributed by atoms with E-state index < -0.39 is 17.9 Å². The van der Waals surface area contributed by atoms with E-state index in [1.165, 1.54) is 13.2 Å². The largest absolute Gasteiger partial charge is 0.393 e. The number of nitrogens with one attached hydrogen (secondary N) is 5. The zero-order chi connectivity index (χ0) is 51.5. The number of pyridine rings is 1. The van der Waals surface area contributed by atoms with Gasteiger partial charge in [-0.15, -0.1) is 0 Å². The first-order valence-electron chi connectivity index (χ1n) is 24.9. The Morgan fingerprint density at radius 2 is 1.67 bits per heavy atom. The maximum absolute atomic E-state index is 14.0. The topological polar surface area (TPSA) is 232 Å². The second-order valence-corrected chi connectivity index (χ2v) is 18.6. The maximum atomic E-state index is 14.0. The molecule has 1 atom stereocenters. The molecule has 0 aliphatic carbocycles. The Balaban J connectivity index is 0.906. The first-order chi connectivity index (χ1) is 34.7. The number of ether oxygens (including phenoxy) is 1. The minimum absolute atomic E-state index is 0.00601. The Labute approximate surface area is 420 Å². The highest BCUT2D eigenvalue weighted by atomic mass is 16.5. The molecule has 0 bridgehead atoms. The van der Waals surface area contributed by atoms with Crippen molar-refractivity contribution >= 4 is 47.2 Å². The van der Waals surface area contributed by atoms with E-state index in [9.17, 15) is 33.6 Å². The number of aryl methyl sites for hydroxylation is 2. The average molecular weight is 985 g/mol. The van der Waals surface area contributed by atoms with Crippen molar-refractivity contribution in [2.45, 2.75) is 85.0 Å². The van der Waals surface area contributed by atoms with Crippen LogP contribution in [0, 0.1) is 20.8 Å². The summed E-state index contributed by atoms with van der Waals surface area (Å²) in [6.45, 7) is 14.1. The van der Waals surface area contributed by atoms with Crippen LogP contribution in [0.25, 0.3) is 11.1 Å². The number of hydrogen-bond acceptors (Lipinski definition) is 13. The molecule has 0 radical (unpaired) electrons. The fourth-order valence-corrected chi connectivity index (χ4v) is 9.81. The third-order valence-electron chi connectivity index (χ3n) is 13.9. The Morgan fingerprint density at radius 1 is 0.931 bits per heavy atom. The minimum atomic E-state index is -1.06. The van der Waals surface area contributed by atoms with Crippen LogP contribution in [0.4, 0.5) is 11.4 Å². The predicted molar refractivity (Wildman–Crippen MR) is 277 cm³/mol. The van der Waals surface area contributed by atoms with Crippen LogP contribution in [-0.4, -0.2) is 134 Å². The number of imide groups is 1. The molecule has 18 heteroatoms. The highest BCUT2D eigenvalue weighted by Gasteiger charge is 2.41. The predicted octanol–water partition coefficient (Wildman–Crippen LogP) is 4.13. The van der Waals surface area contributed by atoms with Gasteiger partial charge in [-0.05, 0) is 112 Å². The second kappa shape index (κ2) is 24.2. The standard InChI is InChI=1S/C54H68N10O8/c1-6-63(40-17-25-72-26-18-40)47-29-39(28-43(36(47)4)50(67)59-30-44-34(2)27-35(3)60-51(44)68)38-13-11-37(12-14-38)32-61-21-23-62(24-22-61)53(70)45(55)31-57-19-8-20-58-46-10-7-9-42-49(46)54(71)64(52(42)69)41(33-65)15-16-48(66)56-5/h7,9-14,27-29,31,33,40-41,57-58H,6,8,15-26,30,32,55H2,1-5H3,(H,56,66)(H,59,67)(H,60,68)/b45-31-.